The predicted molar refractivity (Wildman–Crippen MR) is 75.2 cm³/mol. The lowest BCUT2D eigenvalue weighted by Gasteiger charge is -2.18. The van der Waals surface area contributed by atoms with Crippen molar-refractivity contribution in [2.24, 2.45) is 0 Å². The standard InChI is InChI=1S/C15H21NO4/c1-3-4-10-20-15(18)16-13(11-14(17)19-2)12-8-6-5-7-9-12/h5-9,13H,3-4,10-11H2,1-2H3,(H,16,18). The van der Waals surface area contributed by atoms with Crippen molar-refractivity contribution < 1.29 is 19.1 Å². The topological polar surface area (TPSA) is 64.6 Å². The van der Waals surface area contributed by atoms with Gasteiger partial charge in [0.05, 0.1) is 26.2 Å². The minimum absolute atomic E-state index is 0.0728. The van der Waals surface area contributed by atoms with Gasteiger partial charge in [0, 0.05) is 0 Å². The molecule has 1 rings (SSSR count). The summed E-state index contributed by atoms with van der Waals surface area (Å²) in [6.45, 7) is 2.40. The Balaban J connectivity index is 2.63. The third kappa shape index (κ3) is 5.73. The number of carbonyl (C=O) groups excluding carboxylic acids is 2. The summed E-state index contributed by atoms with van der Waals surface area (Å²) in [5.74, 6) is -0.382. The number of hydrogen-bond acceptors (Lipinski definition) is 4. The number of esters is 1. The average Bonchev–Trinajstić information content (AvgIpc) is 2.47. The van der Waals surface area contributed by atoms with E-state index in [-0.39, 0.29) is 12.4 Å². The highest BCUT2D eigenvalue weighted by Crippen LogP contribution is 2.17. The van der Waals surface area contributed by atoms with Crippen molar-refractivity contribution in [3.63, 3.8) is 0 Å². The Kier molecular flexibility index (Phi) is 7.17. The van der Waals surface area contributed by atoms with Gasteiger partial charge in [-0.1, -0.05) is 43.7 Å². The number of benzene rings is 1. The lowest BCUT2D eigenvalue weighted by atomic mass is 10.0. The van der Waals surface area contributed by atoms with Crippen LogP contribution in [0.2, 0.25) is 0 Å². The van der Waals surface area contributed by atoms with Crippen LogP contribution in [0.3, 0.4) is 0 Å². The summed E-state index contributed by atoms with van der Waals surface area (Å²) in [4.78, 5) is 23.1. The zero-order valence-corrected chi connectivity index (χ0v) is 11.9. The van der Waals surface area contributed by atoms with E-state index in [0.29, 0.717) is 6.61 Å². The van der Waals surface area contributed by atoms with Crippen molar-refractivity contribution in [1.29, 1.82) is 0 Å². The minimum Gasteiger partial charge on any atom is -0.469 e. The second kappa shape index (κ2) is 8.96. The Morgan fingerprint density at radius 2 is 1.95 bits per heavy atom. The molecule has 20 heavy (non-hydrogen) atoms. The number of ether oxygens (including phenoxy) is 2. The van der Waals surface area contributed by atoms with Crippen molar-refractivity contribution >= 4 is 12.1 Å². The Labute approximate surface area is 119 Å². The van der Waals surface area contributed by atoms with Crippen LogP contribution in [0.25, 0.3) is 0 Å². The minimum atomic E-state index is -0.517. The van der Waals surface area contributed by atoms with Crippen LogP contribution in [0.4, 0.5) is 4.79 Å². The van der Waals surface area contributed by atoms with Gasteiger partial charge in [-0.05, 0) is 12.0 Å². The van der Waals surface area contributed by atoms with Crippen LogP contribution in [0.15, 0.2) is 30.3 Å². The first-order valence-electron chi connectivity index (χ1n) is 6.72. The molecule has 5 nitrogen and oxygen atoms in total. The molecule has 0 aliphatic rings. The maximum absolute atomic E-state index is 11.7. The summed E-state index contributed by atoms with van der Waals surface area (Å²) in [6, 6.07) is 8.82. The smallest absolute Gasteiger partial charge is 0.407 e. The molecular formula is C15H21NO4. The van der Waals surface area contributed by atoms with Gasteiger partial charge >= 0.3 is 12.1 Å². The van der Waals surface area contributed by atoms with E-state index in [1.165, 1.54) is 7.11 Å². The number of methoxy groups -OCH3 is 1. The number of alkyl carbamates (subject to hydrolysis) is 1. The summed E-state index contributed by atoms with van der Waals surface area (Å²) >= 11 is 0. The molecule has 0 saturated carbocycles. The highest BCUT2D eigenvalue weighted by Gasteiger charge is 2.19. The largest absolute Gasteiger partial charge is 0.469 e. The second-order valence-corrected chi connectivity index (χ2v) is 4.38. The van der Waals surface area contributed by atoms with Crippen LogP contribution < -0.4 is 5.32 Å². The van der Waals surface area contributed by atoms with Crippen LogP contribution >= 0.6 is 0 Å². The maximum Gasteiger partial charge on any atom is 0.407 e. The Morgan fingerprint density at radius 3 is 2.55 bits per heavy atom. The third-order valence-electron chi connectivity index (χ3n) is 2.82. The van der Waals surface area contributed by atoms with Gasteiger partial charge in [-0.15, -0.1) is 0 Å². The Morgan fingerprint density at radius 1 is 1.25 bits per heavy atom. The van der Waals surface area contributed by atoms with Crippen LogP contribution in [-0.4, -0.2) is 25.8 Å². The molecule has 0 aliphatic heterocycles. The van der Waals surface area contributed by atoms with Gasteiger partial charge < -0.3 is 14.8 Å². The first kappa shape index (κ1) is 16.0. The molecule has 0 radical (unpaired) electrons. The van der Waals surface area contributed by atoms with Gasteiger partial charge in [0.2, 0.25) is 0 Å². The van der Waals surface area contributed by atoms with Crippen molar-refractivity contribution in [1.82, 2.24) is 5.32 Å². The van der Waals surface area contributed by atoms with Gasteiger partial charge in [0.15, 0.2) is 0 Å². The van der Waals surface area contributed by atoms with Crippen molar-refractivity contribution in [3.8, 4) is 0 Å². The molecule has 1 N–H and O–H groups in total. The fraction of sp³-hybridized carbons (Fsp3) is 0.467. The molecule has 0 bridgehead atoms. The molecule has 0 aromatic heterocycles. The molecule has 1 amide bonds. The lowest BCUT2D eigenvalue weighted by molar-refractivity contribution is -0.141. The molecular weight excluding hydrogens is 258 g/mol. The van der Waals surface area contributed by atoms with Crippen LogP contribution in [0, 0.1) is 0 Å². The van der Waals surface area contributed by atoms with Crippen molar-refractivity contribution in [2.45, 2.75) is 32.2 Å². The summed E-state index contributed by atoms with van der Waals surface area (Å²) in [7, 11) is 1.32. The molecule has 0 saturated heterocycles. The first-order valence-corrected chi connectivity index (χ1v) is 6.72. The average molecular weight is 279 g/mol. The molecule has 0 aliphatic carbocycles. The van der Waals surface area contributed by atoms with Gasteiger partial charge in [-0.25, -0.2) is 4.79 Å². The van der Waals surface area contributed by atoms with Crippen molar-refractivity contribution in [2.75, 3.05) is 13.7 Å². The number of unbranched alkanes of at least 4 members (excludes halogenated alkanes) is 1. The SMILES string of the molecule is CCCCOC(=O)NC(CC(=O)OC)c1ccccc1. The number of carbonyl (C=O) groups is 2. The highest BCUT2D eigenvalue weighted by molar-refractivity contribution is 5.73. The molecule has 0 spiro atoms. The number of nitrogens with one attached hydrogen (secondary N) is 1. The molecule has 1 atom stereocenters. The van der Waals surface area contributed by atoms with E-state index in [0.717, 1.165) is 18.4 Å². The molecule has 1 aromatic carbocycles. The number of rotatable bonds is 7. The van der Waals surface area contributed by atoms with Gasteiger partial charge in [0.1, 0.15) is 0 Å². The van der Waals surface area contributed by atoms with Gasteiger partial charge in [-0.2, -0.15) is 0 Å². The van der Waals surface area contributed by atoms with Crippen LogP contribution in [-0.2, 0) is 14.3 Å². The monoisotopic (exact) mass is 279 g/mol. The van der Waals surface area contributed by atoms with E-state index in [2.05, 4.69) is 10.1 Å². The molecule has 0 fully saturated rings. The maximum atomic E-state index is 11.7. The van der Waals surface area contributed by atoms with E-state index in [9.17, 15) is 9.59 Å². The lowest BCUT2D eigenvalue weighted by Crippen LogP contribution is -2.31. The summed E-state index contributed by atoms with van der Waals surface area (Å²) in [6.07, 6.45) is 1.33. The fourth-order valence-electron chi connectivity index (χ4n) is 1.68. The molecule has 1 unspecified atom stereocenters. The Bertz CT molecular complexity index is 419. The second-order valence-electron chi connectivity index (χ2n) is 4.38. The number of amides is 1. The predicted octanol–water partition coefficient (Wildman–Crippen LogP) is 2.82. The van der Waals surface area contributed by atoms with Crippen molar-refractivity contribution in [3.05, 3.63) is 35.9 Å². The quantitative estimate of drug-likeness (QED) is 0.615. The summed E-state index contributed by atoms with van der Waals surface area (Å²) < 4.78 is 9.70. The van der Waals surface area contributed by atoms with Gasteiger partial charge in [0.25, 0.3) is 0 Å². The third-order valence-corrected chi connectivity index (χ3v) is 2.82. The zero-order chi connectivity index (χ0) is 14.8. The molecule has 0 heterocycles. The highest BCUT2D eigenvalue weighted by atomic mass is 16.5. The van der Waals surface area contributed by atoms with Crippen LogP contribution in [0.1, 0.15) is 37.8 Å². The zero-order valence-electron chi connectivity index (χ0n) is 11.9. The van der Waals surface area contributed by atoms with E-state index in [1.807, 2.05) is 37.3 Å². The van der Waals surface area contributed by atoms with E-state index in [1.54, 1.807) is 0 Å². The van der Waals surface area contributed by atoms with E-state index < -0.39 is 12.1 Å². The van der Waals surface area contributed by atoms with Gasteiger partial charge in [-0.3, -0.25) is 4.79 Å². The normalized spacial score (nSPS) is 11.5. The molecule has 110 valence electrons. The van der Waals surface area contributed by atoms with E-state index >= 15 is 0 Å². The number of hydrogen-bond donors (Lipinski definition) is 1. The summed E-state index contributed by atoms with van der Waals surface area (Å²) in [5, 5.41) is 2.70. The molecule has 1 aromatic rings. The fourth-order valence-corrected chi connectivity index (χ4v) is 1.68. The van der Waals surface area contributed by atoms with E-state index in [4.69, 9.17) is 4.74 Å². The first-order chi connectivity index (χ1) is 9.67. The summed E-state index contributed by atoms with van der Waals surface area (Å²) in [5.41, 5.74) is 0.838. The molecule has 5 heteroatoms. The Hall–Kier alpha value is -2.04. The van der Waals surface area contributed by atoms with Crippen LogP contribution in [0.5, 0.6) is 0 Å².